The summed E-state index contributed by atoms with van der Waals surface area (Å²) in [5.41, 5.74) is 7.74. The minimum atomic E-state index is 0.514. The van der Waals surface area contributed by atoms with Crippen molar-refractivity contribution in [2.24, 2.45) is 5.73 Å². The molecule has 0 spiro atoms. The van der Waals surface area contributed by atoms with E-state index in [1.54, 1.807) is 6.20 Å². The maximum atomic E-state index is 5.66. The molecule has 0 aliphatic carbocycles. The van der Waals surface area contributed by atoms with Crippen LogP contribution in [0.1, 0.15) is 5.56 Å². The molecule has 0 amide bonds. The van der Waals surface area contributed by atoms with E-state index in [4.69, 9.17) is 5.73 Å². The fraction of sp³-hybridized carbons (Fsp3) is 0.0833. The lowest BCUT2D eigenvalue weighted by molar-refractivity contribution is 1.07. The Hall–Kier alpha value is -1.39. The number of nitrogens with two attached hydrogens (primary N) is 1. The molecule has 0 atom stereocenters. The lowest BCUT2D eigenvalue weighted by Gasteiger charge is -2.09. The lowest BCUT2D eigenvalue weighted by atomic mass is 10.2. The summed E-state index contributed by atoms with van der Waals surface area (Å²) in [5, 5.41) is 3.24. The Kier molecular flexibility index (Phi) is 3.54. The third-order valence-electron chi connectivity index (χ3n) is 2.23. The van der Waals surface area contributed by atoms with E-state index >= 15 is 0 Å². The third-order valence-corrected chi connectivity index (χ3v) is 2.70. The van der Waals surface area contributed by atoms with E-state index in [9.17, 15) is 0 Å². The van der Waals surface area contributed by atoms with Crippen LogP contribution in [0.25, 0.3) is 0 Å². The number of para-hydroxylation sites is 1. The van der Waals surface area contributed by atoms with Crippen LogP contribution in [0.3, 0.4) is 0 Å². The van der Waals surface area contributed by atoms with Gasteiger partial charge in [-0.25, -0.2) is 4.98 Å². The first kappa shape index (κ1) is 11.1. The minimum absolute atomic E-state index is 0.514. The molecule has 0 saturated heterocycles. The summed E-state index contributed by atoms with van der Waals surface area (Å²) in [6.07, 6.45) is 1.76. The summed E-state index contributed by atoms with van der Waals surface area (Å²) in [5.74, 6) is 0.809. The molecule has 0 bridgehead atoms. The highest BCUT2D eigenvalue weighted by molar-refractivity contribution is 9.10. The highest BCUT2D eigenvalue weighted by Crippen LogP contribution is 2.19. The quantitative estimate of drug-likeness (QED) is 0.907. The van der Waals surface area contributed by atoms with Gasteiger partial charge < -0.3 is 11.1 Å². The molecule has 0 unspecified atom stereocenters. The second kappa shape index (κ2) is 5.09. The van der Waals surface area contributed by atoms with E-state index < -0.39 is 0 Å². The smallest absolute Gasteiger partial charge is 0.130 e. The Labute approximate surface area is 103 Å². The predicted octanol–water partition coefficient (Wildman–Crippen LogP) is 3.05. The van der Waals surface area contributed by atoms with E-state index in [-0.39, 0.29) is 0 Å². The molecule has 0 aliphatic rings. The number of anilines is 2. The summed E-state index contributed by atoms with van der Waals surface area (Å²) in [6, 6.07) is 11.8. The van der Waals surface area contributed by atoms with E-state index in [1.165, 1.54) is 0 Å². The average molecular weight is 278 g/mol. The van der Waals surface area contributed by atoms with Crippen LogP contribution < -0.4 is 11.1 Å². The number of pyridine rings is 1. The summed E-state index contributed by atoms with van der Waals surface area (Å²) < 4.78 is 0.963. The van der Waals surface area contributed by atoms with Crippen LogP contribution >= 0.6 is 15.9 Å². The number of nitrogens with one attached hydrogen (secondary N) is 1. The standard InChI is InChI=1S/C12H12BrN3/c13-10-5-6-12(15-8-10)16-11-4-2-1-3-9(11)7-14/h1-6,8H,7,14H2,(H,15,16). The summed E-state index contributed by atoms with van der Waals surface area (Å²) >= 11 is 3.35. The van der Waals surface area contributed by atoms with Crippen LogP contribution in [-0.4, -0.2) is 4.98 Å². The van der Waals surface area contributed by atoms with Gasteiger partial charge >= 0.3 is 0 Å². The van der Waals surface area contributed by atoms with Gasteiger partial charge in [0.05, 0.1) is 0 Å². The van der Waals surface area contributed by atoms with Crippen molar-refractivity contribution in [3.05, 3.63) is 52.6 Å². The highest BCUT2D eigenvalue weighted by Gasteiger charge is 2.00. The topological polar surface area (TPSA) is 50.9 Å². The third kappa shape index (κ3) is 2.59. The molecule has 1 heterocycles. The predicted molar refractivity (Wildman–Crippen MR) is 69.6 cm³/mol. The molecule has 16 heavy (non-hydrogen) atoms. The minimum Gasteiger partial charge on any atom is -0.340 e. The van der Waals surface area contributed by atoms with E-state index in [1.807, 2.05) is 36.4 Å². The molecule has 2 rings (SSSR count). The molecular weight excluding hydrogens is 266 g/mol. The van der Waals surface area contributed by atoms with Crippen LogP contribution in [0.4, 0.5) is 11.5 Å². The Morgan fingerprint density at radius 3 is 2.69 bits per heavy atom. The van der Waals surface area contributed by atoms with Gasteiger partial charge in [-0.2, -0.15) is 0 Å². The second-order valence-electron chi connectivity index (χ2n) is 3.35. The normalized spacial score (nSPS) is 10.1. The molecule has 0 radical (unpaired) electrons. The van der Waals surface area contributed by atoms with Gasteiger partial charge in [0.25, 0.3) is 0 Å². The fourth-order valence-corrected chi connectivity index (χ4v) is 1.64. The largest absolute Gasteiger partial charge is 0.340 e. The summed E-state index contributed by atoms with van der Waals surface area (Å²) in [4.78, 5) is 4.25. The van der Waals surface area contributed by atoms with Gasteiger partial charge in [-0.15, -0.1) is 0 Å². The molecule has 3 N–H and O–H groups in total. The van der Waals surface area contributed by atoms with Crippen molar-refractivity contribution in [1.29, 1.82) is 0 Å². The van der Waals surface area contributed by atoms with Gasteiger partial charge in [-0.3, -0.25) is 0 Å². The van der Waals surface area contributed by atoms with Crippen molar-refractivity contribution in [3.8, 4) is 0 Å². The van der Waals surface area contributed by atoms with Crippen LogP contribution in [0, 0.1) is 0 Å². The molecule has 0 aliphatic heterocycles. The van der Waals surface area contributed by atoms with Crippen molar-refractivity contribution in [2.45, 2.75) is 6.54 Å². The van der Waals surface area contributed by atoms with Crippen molar-refractivity contribution < 1.29 is 0 Å². The number of aromatic nitrogens is 1. The maximum Gasteiger partial charge on any atom is 0.130 e. The monoisotopic (exact) mass is 277 g/mol. The number of nitrogens with zero attached hydrogens (tertiary/aromatic N) is 1. The van der Waals surface area contributed by atoms with E-state index in [2.05, 4.69) is 26.2 Å². The first-order valence-corrected chi connectivity index (χ1v) is 5.75. The molecule has 2 aromatic rings. The summed E-state index contributed by atoms with van der Waals surface area (Å²) in [6.45, 7) is 0.514. The molecule has 1 aromatic heterocycles. The van der Waals surface area contributed by atoms with Crippen LogP contribution in [0.2, 0.25) is 0 Å². The zero-order valence-corrected chi connectivity index (χ0v) is 10.2. The maximum absolute atomic E-state index is 5.66. The number of hydrogen-bond acceptors (Lipinski definition) is 3. The van der Waals surface area contributed by atoms with Crippen molar-refractivity contribution in [1.82, 2.24) is 4.98 Å². The Bertz CT molecular complexity index is 468. The molecule has 0 fully saturated rings. The molecule has 1 aromatic carbocycles. The van der Waals surface area contributed by atoms with Gasteiger partial charge in [0.15, 0.2) is 0 Å². The zero-order chi connectivity index (χ0) is 11.4. The van der Waals surface area contributed by atoms with Crippen molar-refractivity contribution in [2.75, 3.05) is 5.32 Å². The number of rotatable bonds is 3. The fourth-order valence-electron chi connectivity index (χ4n) is 1.41. The van der Waals surface area contributed by atoms with Gasteiger partial charge in [0.1, 0.15) is 5.82 Å². The van der Waals surface area contributed by atoms with E-state index in [0.29, 0.717) is 6.54 Å². The van der Waals surface area contributed by atoms with Gasteiger partial charge in [-0.05, 0) is 39.7 Å². The molecule has 82 valence electrons. The molecule has 0 saturated carbocycles. The summed E-state index contributed by atoms with van der Waals surface area (Å²) in [7, 11) is 0. The number of hydrogen-bond donors (Lipinski definition) is 2. The zero-order valence-electron chi connectivity index (χ0n) is 8.65. The SMILES string of the molecule is NCc1ccccc1Nc1ccc(Br)cn1. The van der Waals surface area contributed by atoms with E-state index in [0.717, 1.165) is 21.5 Å². The Morgan fingerprint density at radius 2 is 2.00 bits per heavy atom. The Morgan fingerprint density at radius 1 is 1.19 bits per heavy atom. The van der Waals surface area contributed by atoms with Gasteiger partial charge in [0, 0.05) is 22.9 Å². The lowest BCUT2D eigenvalue weighted by Crippen LogP contribution is -2.02. The molecular formula is C12H12BrN3. The second-order valence-corrected chi connectivity index (χ2v) is 4.26. The molecule has 4 heteroatoms. The van der Waals surface area contributed by atoms with Crippen LogP contribution in [-0.2, 0) is 6.54 Å². The van der Waals surface area contributed by atoms with Crippen LogP contribution in [0.5, 0.6) is 0 Å². The Balaban J connectivity index is 2.23. The van der Waals surface area contributed by atoms with Gasteiger partial charge in [-0.1, -0.05) is 18.2 Å². The average Bonchev–Trinajstić information content (AvgIpc) is 2.33. The van der Waals surface area contributed by atoms with Gasteiger partial charge in [0.2, 0.25) is 0 Å². The number of halogens is 1. The highest BCUT2D eigenvalue weighted by atomic mass is 79.9. The van der Waals surface area contributed by atoms with Crippen molar-refractivity contribution >= 4 is 27.4 Å². The first-order chi connectivity index (χ1) is 7.79. The first-order valence-electron chi connectivity index (χ1n) is 4.96. The number of benzene rings is 1. The van der Waals surface area contributed by atoms with Crippen LogP contribution in [0.15, 0.2) is 47.1 Å². The molecule has 3 nitrogen and oxygen atoms in total. The van der Waals surface area contributed by atoms with Crippen molar-refractivity contribution in [3.63, 3.8) is 0 Å².